The maximum absolute atomic E-state index is 12.5. The van der Waals surface area contributed by atoms with Crippen LogP contribution in [0.1, 0.15) is 29.5 Å². The SMILES string of the molecule is Cc1ccc(Cn2cc(C=C(C#N)C(=O)NCC3CCCO3)c3ccccc32)cc1. The van der Waals surface area contributed by atoms with Crippen LogP contribution in [0.3, 0.4) is 0 Å². The summed E-state index contributed by atoms with van der Waals surface area (Å²) < 4.78 is 7.70. The summed E-state index contributed by atoms with van der Waals surface area (Å²) in [4.78, 5) is 12.5. The zero-order valence-corrected chi connectivity index (χ0v) is 17.1. The third kappa shape index (κ3) is 4.45. The number of carbonyl (C=O) groups excluding carboxylic acids is 1. The van der Waals surface area contributed by atoms with Crippen molar-refractivity contribution in [2.75, 3.05) is 13.2 Å². The van der Waals surface area contributed by atoms with Crippen molar-refractivity contribution in [2.45, 2.75) is 32.4 Å². The first-order valence-corrected chi connectivity index (χ1v) is 10.3. The zero-order chi connectivity index (χ0) is 20.9. The second kappa shape index (κ2) is 8.98. The van der Waals surface area contributed by atoms with Crippen LogP contribution in [0.4, 0.5) is 0 Å². The van der Waals surface area contributed by atoms with Crippen LogP contribution in [0.25, 0.3) is 17.0 Å². The minimum absolute atomic E-state index is 0.0466. The number of hydrogen-bond donors (Lipinski definition) is 1. The molecular formula is C25H25N3O2. The second-order valence-electron chi connectivity index (χ2n) is 7.73. The number of nitrogens with zero attached hydrogens (tertiary/aromatic N) is 2. The first-order valence-electron chi connectivity index (χ1n) is 10.3. The molecule has 0 saturated carbocycles. The third-order valence-corrected chi connectivity index (χ3v) is 5.47. The van der Waals surface area contributed by atoms with Gasteiger partial charge in [0, 0.05) is 42.4 Å². The molecule has 1 amide bonds. The van der Waals surface area contributed by atoms with E-state index in [4.69, 9.17) is 4.74 Å². The van der Waals surface area contributed by atoms with Crippen molar-refractivity contribution in [3.63, 3.8) is 0 Å². The molecule has 1 unspecified atom stereocenters. The molecule has 1 aliphatic rings. The van der Waals surface area contributed by atoms with Crippen molar-refractivity contribution < 1.29 is 9.53 Å². The Hall–Kier alpha value is -3.36. The number of amides is 1. The fraction of sp³-hybridized carbons (Fsp3) is 0.280. The van der Waals surface area contributed by atoms with Gasteiger partial charge in [0.15, 0.2) is 0 Å². The molecule has 4 rings (SSSR count). The van der Waals surface area contributed by atoms with Gasteiger partial charge in [-0.15, -0.1) is 0 Å². The van der Waals surface area contributed by atoms with Crippen molar-refractivity contribution >= 4 is 22.9 Å². The Kier molecular flexibility index (Phi) is 5.97. The smallest absolute Gasteiger partial charge is 0.262 e. The lowest BCUT2D eigenvalue weighted by atomic mass is 10.1. The molecule has 3 aromatic rings. The van der Waals surface area contributed by atoms with E-state index in [0.29, 0.717) is 6.54 Å². The average Bonchev–Trinajstić information content (AvgIpc) is 3.40. The van der Waals surface area contributed by atoms with Gasteiger partial charge in [-0.25, -0.2) is 0 Å². The predicted octanol–water partition coefficient (Wildman–Crippen LogP) is 4.20. The summed E-state index contributed by atoms with van der Waals surface area (Å²) in [5, 5.41) is 13.4. The fourth-order valence-corrected chi connectivity index (χ4v) is 3.82. The minimum Gasteiger partial charge on any atom is -0.376 e. The molecule has 5 heteroatoms. The van der Waals surface area contributed by atoms with Gasteiger partial charge in [-0.2, -0.15) is 5.26 Å². The summed E-state index contributed by atoms with van der Waals surface area (Å²) in [5.41, 5.74) is 4.47. The van der Waals surface area contributed by atoms with E-state index in [2.05, 4.69) is 53.2 Å². The van der Waals surface area contributed by atoms with Gasteiger partial charge in [0.2, 0.25) is 0 Å². The molecule has 1 aliphatic heterocycles. The Bertz CT molecular complexity index is 1110. The molecule has 1 saturated heterocycles. The Morgan fingerprint density at radius 1 is 1.27 bits per heavy atom. The van der Waals surface area contributed by atoms with Crippen LogP contribution < -0.4 is 5.32 Å². The number of aromatic nitrogens is 1. The molecular weight excluding hydrogens is 374 g/mol. The van der Waals surface area contributed by atoms with E-state index in [-0.39, 0.29) is 17.6 Å². The molecule has 2 aromatic carbocycles. The van der Waals surface area contributed by atoms with E-state index in [1.165, 1.54) is 11.1 Å². The fourth-order valence-electron chi connectivity index (χ4n) is 3.82. The van der Waals surface area contributed by atoms with Crippen LogP contribution in [-0.2, 0) is 16.1 Å². The van der Waals surface area contributed by atoms with E-state index >= 15 is 0 Å². The Morgan fingerprint density at radius 2 is 2.07 bits per heavy atom. The van der Waals surface area contributed by atoms with Crippen LogP contribution in [0, 0.1) is 18.3 Å². The highest BCUT2D eigenvalue weighted by Gasteiger charge is 2.18. The van der Waals surface area contributed by atoms with E-state index in [0.717, 1.165) is 42.5 Å². The molecule has 0 aliphatic carbocycles. The first-order chi connectivity index (χ1) is 14.6. The number of fused-ring (bicyclic) bond motifs is 1. The number of hydrogen-bond acceptors (Lipinski definition) is 3. The first kappa shape index (κ1) is 19.9. The molecule has 2 heterocycles. The van der Waals surface area contributed by atoms with Gasteiger partial charge in [0.1, 0.15) is 11.6 Å². The largest absolute Gasteiger partial charge is 0.376 e. The van der Waals surface area contributed by atoms with Crippen LogP contribution in [0.5, 0.6) is 0 Å². The van der Waals surface area contributed by atoms with Gasteiger partial charge in [0.05, 0.1) is 6.10 Å². The number of rotatable bonds is 6. The number of carbonyl (C=O) groups is 1. The molecule has 0 radical (unpaired) electrons. The van der Waals surface area contributed by atoms with Gasteiger partial charge in [-0.3, -0.25) is 4.79 Å². The number of para-hydroxylation sites is 1. The van der Waals surface area contributed by atoms with E-state index < -0.39 is 0 Å². The minimum atomic E-state index is -0.358. The summed E-state index contributed by atoms with van der Waals surface area (Å²) in [6, 6.07) is 18.6. The van der Waals surface area contributed by atoms with Crippen molar-refractivity contribution in [2.24, 2.45) is 0 Å². The monoisotopic (exact) mass is 399 g/mol. The summed E-state index contributed by atoms with van der Waals surface area (Å²) in [6.45, 7) is 3.97. The molecule has 1 fully saturated rings. The van der Waals surface area contributed by atoms with Crippen molar-refractivity contribution in [3.05, 3.63) is 77.0 Å². The highest BCUT2D eigenvalue weighted by Crippen LogP contribution is 2.25. The lowest BCUT2D eigenvalue weighted by Gasteiger charge is -2.10. The summed E-state index contributed by atoms with van der Waals surface area (Å²) in [7, 11) is 0. The quantitative estimate of drug-likeness (QED) is 0.499. The molecule has 1 N–H and O–H groups in total. The molecule has 1 atom stereocenters. The zero-order valence-electron chi connectivity index (χ0n) is 17.1. The molecule has 0 bridgehead atoms. The second-order valence-corrected chi connectivity index (χ2v) is 7.73. The molecule has 1 aromatic heterocycles. The topological polar surface area (TPSA) is 67.0 Å². The van der Waals surface area contributed by atoms with Crippen molar-refractivity contribution in [1.29, 1.82) is 5.26 Å². The molecule has 30 heavy (non-hydrogen) atoms. The van der Waals surface area contributed by atoms with Gasteiger partial charge in [-0.05, 0) is 37.5 Å². The highest BCUT2D eigenvalue weighted by atomic mass is 16.5. The summed E-state index contributed by atoms with van der Waals surface area (Å²) >= 11 is 0. The normalized spacial score (nSPS) is 16.5. The van der Waals surface area contributed by atoms with Crippen LogP contribution in [0.15, 0.2) is 60.3 Å². The predicted molar refractivity (Wildman–Crippen MR) is 118 cm³/mol. The van der Waals surface area contributed by atoms with Gasteiger partial charge in [-0.1, -0.05) is 48.0 Å². The van der Waals surface area contributed by atoms with Gasteiger partial charge in [0.25, 0.3) is 5.91 Å². The average molecular weight is 399 g/mol. The van der Waals surface area contributed by atoms with E-state index in [1.54, 1.807) is 6.08 Å². The number of nitrogens with one attached hydrogen (secondary N) is 1. The van der Waals surface area contributed by atoms with Gasteiger partial charge < -0.3 is 14.6 Å². The lowest BCUT2D eigenvalue weighted by molar-refractivity contribution is -0.117. The van der Waals surface area contributed by atoms with E-state index in [1.807, 2.05) is 24.4 Å². The van der Waals surface area contributed by atoms with Crippen LogP contribution in [0.2, 0.25) is 0 Å². The number of benzene rings is 2. The van der Waals surface area contributed by atoms with Crippen LogP contribution in [-0.4, -0.2) is 29.7 Å². The molecule has 5 nitrogen and oxygen atoms in total. The number of ether oxygens (including phenoxy) is 1. The van der Waals surface area contributed by atoms with Gasteiger partial charge >= 0.3 is 0 Å². The highest BCUT2D eigenvalue weighted by molar-refractivity contribution is 6.04. The van der Waals surface area contributed by atoms with Crippen molar-refractivity contribution in [3.8, 4) is 6.07 Å². The third-order valence-electron chi connectivity index (χ3n) is 5.47. The Labute approximate surface area is 176 Å². The Morgan fingerprint density at radius 3 is 2.80 bits per heavy atom. The molecule has 0 spiro atoms. The van der Waals surface area contributed by atoms with Crippen LogP contribution >= 0.6 is 0 Å². The number of nitriles is 1. The summed E-state index contributed by atoms with van der Waals surface area (Å²) in [6.07, 6.45) is 5.69. The Balaban J connectivity index is 1.60. The van der Waals surface area contributed by atoms with Crippen molar-refractivity contribution in [1.82, 2.24) is 9.88 Å². The standard InChI is InChI=1S/C25H25N3O2/c1-18-8-10-19(11-9-18)16-28-17-21(23-6-2-3-7-24(23)28)13-20(14-26)25(29)27-15-22-5-4-12-30-22/h2-3,6-11,13,17,22H,4-5,12,15-16H2,1H3,(H,27,29). The summed E-state index contributed by atoms with van der Waals surface area (Å²) in [5.74, 6) is -0.358. The lowest BCUT2D eigenvalue weighted by Crippen LogP contribution is -2.32. The maximum Gasteiger partial charge on any atom is 0.262 e. The molecule has 152 valence electrons. The van der Waals surface area contributed by atoms with E-state index in [9.17, 15) is 10.1 Å². The maximum atomic E-state index is 12.5. The number of aryl methyl sites for hydroxylation is 1.